The third kappa shape index (κ3) is 2.52. The van der Waals surface area contributed by atoms with Gasteiger partial charge >= 0.3 is 0 Å². The third-order valence-corrected chi connectivity index (χ3v) is 5.12. The van der Waals surface area contributed by atoms with E-state index in [1.54, 1.807) is 0 Å². The lowest BCUT2D eigenvalue weighted by atomic mass is 9.79. The Hall–Kier alpha value is -0.610. The van der Waals surface area contributed by atoms with Gasteiger partial charge in [0.25, 0.3) is 0 Å². The van der Waals surface area contributed by atoms with Crippen molar-refractivity contribution in [2.75, 3.05) is 24.5 Å². The monoisotopic (exact) mass is 323 g/mol. The first-order valence-electron chi connectivity index (χ1n) is 7.32. The number of nitrogens with one attached hydrogen (secondary N) is 1. The highest BCUT2D eigenvalue weighted by molar-refractivity contribution is 9.10. The largest absolute Gasteiger partial charge is 0.347 e. The second-order valence-corrected chi connectivity index (χ2v) is 6.79. The molecule has 0 bridgehead atoms. The molecule has 0 unspecified atom stereocenters. The lowest BCUT2D eigenvalue weighted by molar-refractivity contribution is 0.239. The van der Waals surface area contributed by atoms with Crippen molar-refractivity contribution in [2.45, 2.75) is 44.6 Å². The number of anilines is 1. The Balaban J connectivity index is 1.95. The molecule has 1 spiro atoms. The number of pyridine rings is 1. The minimum Gasteiger partial charge on any atom is -0.347 e. The smallest absolute Gasteiger partial charge is 0.143 e. The number of hydrogen-bond acceptors (Lipinski definition) is 3. The normalized spacial score (nSPS) is 22.7. The lowest BCUT2D eigenvalue weighted by Gasteiger charge is -2.50. The first-order chi connectivity index (χ1) is 9.21. The van der Waals surface area contributed by atoms with Crippen LogP contribution in [0.25, 0.3) is 0 Å². The van der Waals surface area contributed by atoms with Crippen LogP contribution in [0, 0.1) is 6.92 Å². The van der Waals surface area contributed by atoms with Crippen LogP contribution in [0.5, 0.6) is 0 Å². The van der Waals surface area contributed by atoms with Crippen molar-refractivity contribution in [1.29, 1.82) is 0 Å². The van der Waals surface area contributed by atoms with Gasteiger partial charge in [0.2, 0.25) is 0 Å². The van der Waals surface area contributed by atoms with E-state index in [0.717, 1.165) is 29.9 Å². The van der Waals surface area contributed by atoms with E-state index in [1.807, 2.05) is 6.20 Å². The van der Waals surface area contributed by atoms with Gasteiger partial charge in [-0.1, -0.05) is 19.3 Å². The molecule has 3 nitrogen and oxygen atoms in total. The van der Waals surface area contributed by atoms with Gasteiger partial charge in [0.05, 0.1) is 10.0 Å². The van der Waals surface area contributed by atoms with Gasteiger partial charge < -0.3 is 10.2 Å². The van der Waals surface area contributed by atoms with E-state index in [1.165, 1.54) is 37.7 Å². The van der Waals surface area contributed by atoms with Crippen LogP contribution in [0.2, 0.25) is 0 Å². The van der Waals surface area contributed by atoms with E-state index < -0.39 is 0 Å². The Kier molecular flexibility index (Phi) is 3.81. The molecular formula is C15H22BrN3. The maximum atomic E-state index is 4.70. The summed E-state index contributed by atoms with van der Waals surface area (Å²) in [6.07, 6.45) is 8.66. The van der Waals surface area contributed by atoms with Gasteiger partial charge in [-0.15, -0.1) is 0 Å². The molecule has 1 N–H and O–H groups in total. The first-order valence-corrected chi connectivity index (χ1v) is 8.11. The van der Waals surface area contributed by atoms with Crippen molar-refractivity contribution in [3.63, 3.8) is 0 Å². The minimum absolute atomic E-state index is 0.293. The molecular weight excluding hydrogens is 302 g/mol. The molecule has 0 aromatic carbocycles. The van der Waals surface area contributed by atoms with Crippen LogP contribution in [0.3, 0.4) is 0 Å². The van der Waals surface area contributed by atoms with Crippen LogP contribution in [-0.4, -0.2) is 30.2 Å². The van der Waals surface area contributed by atoms with Crippen molar-refractivity contribution in [2.24, 2.45) is 0 Å². The van der Waals surface area contributed by atoms with Crippen molar-refractivity contribution < 1.29 is 0 Å². The number of aromatic nitrogens is 1. The number of hydrogen-bond donors (Lipinski definition) is 1. The van der Waals surface area contributed by atoms with Crippen LogP contribution >= 0.6 is 15.9 Å². The SMILES string of the molecule is Cc1cnc(N2CCNCC23CCCCC3)c(Br)c1. The van der Waals surface area contributed by atoms with E-state index in [0.29, 0.717) is 5.54 Å². The first kappa shape index (κ1) is 13.4. The summed E-state index contributed by atoms with van der Waals surface area (Å²) < 4.78 is 1.14. The highest BCUT2D eigenvalue weighted by Crippen LogP contribution is 2.39. The number of nitrogens with zero attached hydrogens (tertiary/aromatic N) is 2. The zero-order valence-electron chi connectivity index (χ0n) is 11.6. The van der Waals surface area contributed by atoms with Crippen LogP contribution in [0.15, 0.2) is 16.7 Å². The predicted molar refractivity (Wildman–Crippen MR) is 82.7 cm³/mol. The second kappa shape index (κ2) is 5.41. The summed E-state index contributed by atoms with van der Waals surface area (Å²) >= 11 is 3.71. The maximum absolute atomic E-state index is 4.70. The van der Waals surface area contributed by atoms with E-state index in [9.17, 15) is 0 Å². The fraction of sp³-hybridized carbons (Fsp3) is 0.667. The van der Waals surface area contributed by atoms with Gasteiger partial charge in [0, 0.05) is 25.8 Å². The third-order valence-electron chi connectivity index (χ3n) is 4.54. The molecule has 1 aromatic rings. The highest BCUT2D eigenvalue weighted by atomic mass is 79.9. The van der Waals surface area contributed by atoms with Crippen LogP contribution in [-0.2, 0) is 0 Å². The van der Waals surface area contributed by atoms with Crippen LogP contribution < -0.4 is 10.2 Å². The minimum atomic E-state index is 0.293. The molecule has 104 valence electrons. The fourth-order valence-electron chi connectivity index (χ4n) is 3.56. The Morgan fingerprint density at radius 3 is 2.84 bits per heavy atom. The van der Waals surface area contributed by atoms with Crippen molar-refractivity contribution in [3.8, 4) is 0 Å². The number of rotatable bonds is 1. The molecule has 1 aromatic heterocycles. The van der Waals surface area contributed by atoms with E-state index in [-0.39, 0.29) is 0 Å². The molecule has 4 heteroatoms. The molecule has 0 amide bonds. The standard InChI is InChI=1S/C15H22BrN3/c1-12-9-13(16)14(18-10-12)19-8-7-17-11-15(19)5-3-2-4-6-15/h9-10,17H,2-8,11H2,1H3. The summed E-state index contributed by atoms with van der Waals surface area (Å²) in [7, 11) is 0. The highest BCUT2D eigenvalue weighted by Gasteiger charge is 2.40. The average molecular weight is 324 g/mol. The predicted octanol–water partition coefficient (Wildman–Crippen LogP) is 3.27. The summed E-state index contributed by atoms with van der Waals surface area (Å²) in [4.78, 5) is 7.26. The Labute approximate surface area is 123 Å². The zero-order chi connectivity index (χ0) is 13.3. The van der Waals surface area contributed by atoms with E-state index >= 15 is 0 Å². The average Bonchev–Trinajstić information content (AvgIpc) is 2.41. The number of halogens is 1. The molecule has 1 aliphatic carbocycles. The molecule has 0 atom stereocenters. The maximum Gasteiger partial charge on any atom is 0.143 e. The zero-order valence-corrected chi connectivity index (χ0v) is 13.2. The summed E-state index contributed by atoms with van der Waals surface area (Å²) in [6.45, 7) is 5.32. The van der Waals surface area contributed by atoms with Gasteiger partial charge in [0.1, 0.15) is 5.82 Å². The summed E-state index contributed by atoms with van der Waals surface area (Å²) in [5.74, 6) is 1.13. The Morgan fingerprint density at radius 2 is 2.11 bits per heavy atom. The summed E-state index contributed by atoms with van der Waals surface area (Å²) in [5, 5.41) is 3.59. The fourth-order valence-corrected chi connectivity index (χ4v) is 4.23. The van der Waals surface area contributed by atoms with Crippen LogP contribution in [0.1, 0.15) is 37.7 Å². The Morgan fingerprint density at radius 1 is 1.32 bits per heavy atom. The number of piperazine rings is 1. The summed E-state index contributed by atoms with van der Waals surface area (Å²) in [6, 6.07) is 2.18. The molecule has 0 radical (unpaired) electrons. The van der Waals surface area contributed by atoms with E-state index in [4.69, 9.17) is 4.98 Å². The van der Waals surface area contributed by atoms with Gasteiger partial charge in [-0.05, 0) is 47.3 Å². The number of aryl methyl sites for hydroxylation is 1. The Bertz CT molecular complexity index is 446. The van der Waals surface area contributed by atoms with E-state index in [2.05, 4.69) is 39.1 Å². The van der Waals surface area contributed by atoms with Crippen molar-refractivity contribution in [1.82, 2.24) is 10.3 Å². The molecule has 2 aliphatic rings. The molecule has 19 heavy (non-hydrogen) atoms. The molecule has 3 rings (SSSR count). The quantitative estimate of drug-likeness (QED) is 0.859. The molecule has 2 fully saturated rings. The van der Waals surface area contributed by atoms with Crippen molar-refractivity contribution >= 4 is 21.7 Å². The van der Waals surface area contributed by atoms with Gasteiger partial charge in [0.15, 0.2) is 0 Å². The topological polar surface area (TPSA) is 28.2 Å². The van der Waals surface area contributed by atoms with Gasteiger partial charge in [-0.3, -0.25) is 0 Å². The molecule has 1 saturated heterocycles. The second-order valence-electron chi connectivity index (χ2n) is 5.93. The molecule has 1 aliphatic heterocycles. The van der Waals surface area contributed by atoms with Gasteiger partial charge in [-0.2, -0.15) is 0 Å². The molecule has 1 saturated carbocycles. The van der Waals surface area contributed by atoms with Crippen molar-refractivity contribution in [3.05, 3.63) is 22.3 Å². The molecule has 2 heterocycles. The van der Waals surface area contributed by atoms with Crippen LogP contribution in [0.4, 0.5) is 5.82 Å². The van der Waals surface area contributed by atoms with Gasteiger partial charge in [-0.25, -0.2) is 4.98 Å². The summed E-state index contributed by atoms with van der Waals surface area (Å²) in [5.41, 5.74) is 1.50. The lowest BCUT2D eigenvalue weighted by Crippen LogP contribution is -2.62.